The van der Waals surface area contributed by atoms with Crippen molar-refractivity contribution < 1.29 is 98.7 Å². The van der Waals surface area contributed by atoms with Gasteiger partial charge in [0.05, 0.1) is 0 Å². The maximum absolute atomic E-state index is 8.89. The van der Waals surface area contributed by atoms with Crippen LogP contribution in [0.1, 0.15) is 27.7 Å². The summed E-state index contributed by atoms with van der Waals surface area (Å²) >= 11 is 0. The fourth-order valence-electron chi connectivity index (χ4n) is 0. The number of hydrogen-bond donors (Lipinski definition) is 0. The van der Waals surface area contributed by atoms with Gasteiger partial charge >= 0.3 is 96.9 Å². The summed E-state index contributed by atoms with van der Waals surface area (Å²) in [5, 5.41) is 35.6. The summed E-state index contributed by atoms with van der Waals surface area (Å²) in [7, 11) is 0. The Balaban J connectivity index is -0.0000000164. The molecule has 0 unspecified atom stereocenters. The van der Waals surface area contributed by atoms with E-state index in [1.165, 1.54) is 0 Å². The molecule has 0 aromatic rings. The Morgan fingerprint density at radius 1 is 0.571 bits per heavy atom. The van der Waals surface area contributed by atoms with Crippen LogP contribution < -0.4 is 79.5 Å². The standard InChI is InChI=1S/4C2H4O2.C2H4.Ca.2Na/c4*1-2(3)4;1-2;;;/h4*1H3,(H,3,4);1-2H2;;;/q;;;;;+2;2*+1/p-4. The van der Waals surface area contributed by atoms with Crippen LogP contribution in [-0.2, 0) is 19.2 Å². The summed E-state index contributed by atoms with van der Waals surface area (Å²) in [5.74, 6) is -4.33. The number of carboxylic acids is 4. The average molecular weight is 350 g/mol. The first-order valence-electron chi connectivity index (χ1n) is 4.13. The molecular weight excluding hydrogens is 334 g/mol. The van der Waals surface area contributed by atoms with Crippen LogP contribution in [0.2, 0.25) is 0 Å². The fourth-order valence-corrected chi connectivity index (χ4v) is 0. The first-order valence-corrected chi connectivity index (χ1v) is 4.13. The molecule has 0 fully saturated rings. The van der Waals surface area contributed by atoms with Crippen LogP contribution in [0, 0.1) is 0 Å². The van der Waals surface area contributed by atoms with E-state index < -0.39 is 23.9 Å². The van der Waals surface area contributed by atoms with Crippen LogP contribution >= 0.6 is 0 Å². The van der Waals surface area contributed by atoms with Gasteiger partial charge in [-0.25, -0.2) is 0 Å². The summed E-state index contributed by atoms with van der Waals surface area (Å²) < 4.78 is 0. The van der Waals surface area contributed by atoms with Gasteiger partial charge in [-0.1, -0.05) is 0 Å². The second-order valence-corrected chi connectivity index (χ2v) is 1.97. The molecule has 0 heterocycles. The van der Waals surface area contributed by atoms with E-state index in [2.05, 4.69) is 13.2 Å². The second-order valence-electron chi connectivity index (χ2n) is 1.97. The molecule has 0 spiro atoms. The zero-order valence-corrected chi connectivity index (χ0v) is 19.6. The molecule has 0 aliphatic heterocycles. The Bertz CT molecular complexity index is 185. The van der Waals surface area contributed by atoms with Gasteiger partial charge in [-0.15, -0.1) is 13.2 Å². The van der Waals surface area contributed by atoms with Crippen molar-refractivity contribution in [3.05, 3.63) is 13.2 Å². The summed E-state index contributed by atoms with van der Waals surface area (Å²) in [6, 6.07) is 0. The van der Waals surface area contributed by atoms with Crippen LogP contribution in [0.25, 0.3) is 0 Å². The van der Waals surface area contributed by atoms with Gasteiger partial charge < -0.3 is 39.6 Å². The number of hydrogen-bond acceptors (Lipinski definition) is 8. The summed E-state index contributed by atoms with van der Waals surface area (Å²) in [4.78, 5) is 35.6. The Kier molecular flexibility index (Phi) is 117. The third-order valence-electron chi connectivity index (χ3n) is 0. The third kappa shape index (κ3) is 9620. The Labute approximate surface area is 198 Å². The van der Waals surface area contributed by atoms with Crippen molar-refractivity contribution >= 4 is 61.6 Å². The molecule has 0 aliphatic carbocycles. The molecule has 8 nitrogen and oxygen atoms in total. The Hall–Kier alpha value is 0.880. The number of aliphatic carboxylic acids is 4. The molecule has 0 bridgehead atoms. The maximum Gasteiger partial charge on any atom is 2.00 e. The van der Waals surface area contributed by atoms with E-state index >= 15 is 0 Å². The molecule has 108 valence electrons. The number of carbonyl (C=O) groups excluding carboxylic acids is 4. The Morgan fingerprint density at radius 3 is 0.571 bits per heavy atom. The van der Waals surface area contributed by atoms with Gasteiger partial charge in [0.1, 0.15) is 0 Å². The van der Waals surface area contributed by atoms with E-state index in [4.69, 9.17) is 39.6 Å². The van der Waals surface area contributed by atoms with Gasteiger partial charge in [-0.2, -0.15) is 0 Å². The molecule has 0 aliphatic rings. The summed E-state index contributed by atoms with van der Waals surface area (Å²) in [6.07, 6.45) is 0. The van der Waals surface area contributed by atoms with Gasteiger partial charge in [-0.3, -0.25) is 0 Å². The van der Waals surface area contributed by atoms with Gasteiger partial charge in [0.25, 0.3) is 0 Å². The number of carbonyl (C=O) groups is 4. The molecule has 0 aromatic carbocycles. The van der Waals surface area contributed by atoms with E-state index in [0.29, 0.717) is 0 Å². The maximum atomic E-state index is 8.89. The zero-order chi connectivity index (χ0) is 16.3. The molecule has 0 aromatic heterocycles. The molecule has 0 amide bonds. The van der Waals surface area contributed by atoms with Crippen LogP contribution in [0.3, 0.4) is 0 Å². The van der Waals surface area contributed by atoms with Gasteiger partial charge in [0, 0.05) is 23.9 Å². The Morgan fingerprint density at radius 2 is 0.571 bits per heavy atom. The van der Waals surface area contributed by atoms with E-state index in [0.717, 1.165) is 27.7 Å². The molecule has 0 radical (unpaired) electrons. The molecule has 11 heteroatoms. The minimum atomic E-state index is -1.08. The van der Waals surface area contributed by atoms with E-state index in [1.54, 1.807) is 0 Å². The molecule has 0 atom stereocenters. The third-order valence-corrected chi connectivity index (χ3v) is 0. The van der Waals surface area contributed by atoms with Crippen LogP contribution in [0.4, 0.5) is 0 Å². The fraction of sp³-hybridized carbons (Fsp3) is 0.400. The zero-order valence-electron chi connectivity index (χ0n) is 13.4. The van der Waals surface area contributed by atoms with Crippen molar-refractivity contribution in [3.8, 4) is 0 Å². The first kappa shape index (κ1) is 49.5. The van der Waals surface area contributed by atoms with Crippen LogP contribution in [-0.4, -0.2) is 61.6 Å². The van der Waals surface area contributed by atoms with E-state index in [-0.39, 0.29) is 96.9 Å². The van der Waals surface area contributed by atoms with Gasteiger partial charge in [-0.05, 0) is 27.7 Å². The minimum absolute atomic E-state index is 0. The SMILES string of the molecule is C=C.CC(=O)[O-].CC(=O)[O-].CC(=O)[O-].CC(=O)[O-].[Ca+2].[Na+].[Na+]. The predicted octanol–water partition coefficient (Wildman–Crippen LogP) is -10.5. The molecule has 0 rings (SSSR count). The summed E-state index contributed by atoms with van der Waals surface area (Å²) in [6.45, 7) is 9.89. The molecule has 21 heavy (non-hydrogen) atoms. The molecule has 0 saturated heterocycles. The van der Waals surface area contributed by atoms with Crippen molar-refractivity contribution in [1.29, 1.82) is 0 Å². The van der Waals surface area contributed by atoms with Crippen molar-refractivity contribution in [3.63, 3.8) is 0 Å². The van der Waals surface area contributed by atoms with Gasteiger partial charge in [0.2, 0.25) is 0 Å². The molecular formula is C10H16CaNa2O8. The van der Waals surface area contributed by atoms with Crippen molar-refractivity contribution in [2.24, 2.45) is 0 Å². The first-order chi connectivity index (χ1) is 7.93. The average Bonchev–Trinajstić information content (AvgIpc) is 2.01. The quantitative estimate of drug-likeness (QED) is 0.307. The molecule has 0 N–H and O–H groups in total. The van der Waals surface area contributed by atoms with Crippen LogP contribution in [0.15, 0.2) is 13.2 Å². The van der Waals surface area contributed by atoms with Crippen molar-refractivity contribution in [2.45, 2.75) is 27.7 Å². The molecule has 0 saturated carbocycles. The van der Waals surface area contributed by atoms with Crippen molar-refractivity contribution in [2.75, 3.05) is 0 Å². The normalized spacial score (nSPS) is 4.95. The van der Waals surface area contributed by atoms with E-state index in [1.807, 2.05) is 0 Å². The minimum Gasteiger partial charge on any atom is -0.550 e. The van der Waals surface area contributed by atoms with Gasteiger partial charge in [0.15, 0.2) is 0 Å². The van der Waals surface area contributed by atoms with Crippen LogP contribution in [0.5, 0.6) is 0 Å². The second kappa shape index (κ2) is 49.7. The number of rotatable bonds is 0. The largest absolute Gasteiger partial charge is 2.00 e. The summed E-state index contributed by atoms with van der Waals surface area (Å²) in [5.41, 5.74) is 0. The smallest absolute Gasteiger partial charge is 0.550 e. The van der Waals surface area contributed by atoms with Crippen molar-refractivity contribution in [1.82, 2.24) is 0 Å². The monoisotopic (exact) mass is 350 g/mol. The topological polar surface area (TPSA) is 161 Å². The van der Waals surface area contributed by atoms with E-state index in [9.17, 15) is 0 Å². The predicted molar refractivity (Wildman–Crippen MR) is 59.7 cm³/mol. The number of carboxylic acid groups (broad SMARTS) is 4.